The van der Waals surface area contributed by atoms with E-state index in [1.807, 2.05) is 30.3 Å². The van der Waals surface area contributed by atoms with Gasteiger partial charge < -0.3 is 0 Å². The fourth-order valence-corrected chi connectivity index (χ4v) is 1.21. The van der Waals surface area contributed by atoms with E-state index in [1.54, 1.807) is 0 Å². The van der Waals surface area contributed by atoms with E-state index in [9.17, 15) is 0 Å². The van der Waals surface area contributed by atoms with E-state index in [4.69, 9.17) is 5.26 Å². The van der Waals surface area contributed by atoms with Crippen molar-refractivity contribution in [1.82, 2.24) is 0 Å². The maximum absolute atomic E-state index is 8.61. The highest BCUT2D eigenvalue weighted by molar-refractivity contribution is 5.17. The molecule has 0 bridgehead atoms. The van der Waals surface area contributed by atoms with Crippen LogP contribution in [0.5, 0.6) is 0 Å². The second kappa shape index (κ2) is 4.91. The van der Waals surface area contributed by atoms with Crippen molar-refractivity contribution < 1.29 is 10.1 Å². The van der Waals surface area contributed by atoms with E-state index in [-0.39, 0.29) is 6.10 Å². The molecule has 0 fully saturated rings. The van der Waals surface area contributed by atoms with Crippen LogP contribution in [0.3, 0.4) is 0 Å². The van der Waals surface area contributed by atoms with Gasteiger partial charge in [-0.2, -0.15) is 0 Å². The molecule has 0 unspecified atom stereocenters. The van der Waals surface area contributed by atoms with Gasteiger partial charge in [0, 0.05) is 0 Å². The summed E-state index contributed by atoms with van der Waals surface area (Å²) in [5.41, 5.74) is 1.03. The van der Waals surface area contributed by atoms with E-state index in [0.29, 0.717) is 0 Å². The summed E-state index contributed by atoms with van der Waals surface area (Å²) < 4.78 is 0. The second-order valence-corrected chi connectivity index (χ2v) is 2.79. The lowest BCUT2D eigenvalue weighted by Gasteiger charge is -2.11. The van der Waals surface area contributed by atoms with Gasteiger partial charge in [-0.05, 0) is 12.0 Å². The van der Waals surface area contributed by atoms with Crippen LogP contribution in [0.25, 0.3) is 0 Å². The molecule has 0 aliphatic heterocycles. The molecule has 1 N–H and O–H groups in total. The number of hydrogen-bond acceptors (Lipinski definition) is 2. The lowest BCUT2D eigenvalue weighted by Crippen LogP contribution is -2.00. The van der Waals surface area contributed by atoms with Gasteiger partial charge in [0.1, 0.15) is 6.10 Å². The smallest absolute Gasteiger partial charge is 0.118 e. The molecule has 2 nitrogen and oxygen atoms in total. The summed E-state index contributed by atoms with van der Waals surface area (Å²) in [5.74, 6) is 0. The zero-order chi connectivity index (χ0) is 8.81. The van der Waals surface area contributed by atoms with E-state index >= 15 is 0 Å². The highest BCUT2D eigenvalue weighted by Crippen LogP contribution is 2.20. The molecule has 0 aromatic heterocycles. The summed E-state index contributed by atoms with van der Waals surface area (Å²) in [5, 5.41) is 8.61. The van der Waals surface area contributed by atoms with Crippen LogP contribution in [0, 0.1) is 0 Å². The molecule has 0 spiro atoms. The van der Waals surface area contributed by atoms with Crippen molar-refractivity contribution in [1.29, 1.82) is 0 Å². The molecule has 0 aliphatic rings. The van der Waals surface area contributed by atoms with Crippen molar-refractivity contribution in [3.63, 3.8) is 0 Å². The summed E-state index contributed by atoms with van der Waals surface area (Å²) in [7, 11) is 0. The molecular formula is C10H14O2. The highest BCUT2D eigenvalue weighted by atomic mass is 17.1. The minimum absolute atomic E-state index is 0.170. The van der Waals surface area contributed by atoms with E-state index in [2.05, 4.69) is 11.8 Å². The minimum atomic E-state index is -0.170. The summed E-state index contributed by atoms with van der Waals surface area (Å²) in [6.45, 7) is 2.06. The average molecular weight is 166 g/mol. The topological polar surface area (TPSA) is 29.5 Å². The normalized spacial score (nSPS) is 12.8. The Hall–Kier alpha value is -0.860. The summed E-state index contributed by atoms with van der Waals surface area (Å²) >= 11 is 0. The van der Waals surface area contributed by atoms with Crippen molar-refractivity contribution in [3.8, 4) is 0 Å². The first-order valence-electron chi connectivity index (χ1n) is 4.23. The van der Waals surface area contributed by atoms with Crippen LogP contribution < -0.4 is 0 Å². The third kappa shape index (κ3) is 2.32. The van der Waals surface area contributed by atoms with E-state index in [0.717, 1.165) is 18.4 Å². The van der Waals surface area contributed by atoms with Gasteiger partial charge in [-0.1, -0.05) is 43.7 Å². The Labute approximate surface area is 72.7 Å². The molecule has 0 aliphatic carbocycles. The van der Waals surface area contributed by atoms with Gasteiger partial charge in [-0.3, -0.25) is 5.26 Å². The first kappa shape index (κ1) is 9.23. The Bertz CT molecular complexity index is 208. The molecular weight excluding hydrogens is 152 g/mol. The van der Waals surface area contributed by atoms with Crippen molar-refractivity contribution >= 4 is 0 Å². The Kier molecular flexibility index (Phi) is 3.77. The quantitative estimate of drug-likeness (QED) is 0.550. The Balaban J connectivity index is 2.66. The Morgan fingerprint density at radius 2 is 2.00 bits per heavy atom. The van der Waals surface area contributed by atoms with Crippen LogP contribution in [0.2, 0.25) is 0 Å². The van der Waals surface area contributed by atoms with Gasteiger partial charge >= 0.3 is 0 Å². The molecule has 0 radical (unpaired) electrons. The van der Waals surface area contributed by atoms with Gasteiger partial charge in [0.15, 0.2) is 0 Å². The second-order valence-electron chi connectivity index (χ2n) is 2.79. The first-order chi connectivity index (χ1) is 5.88. The predicted octanol–water partition coefficient (Wildman–Crippen LogP) is 3.02. The van der Waals surface area contributed by atoms with Crippen molar-refractivity contribution in [2.24, 2.45) is 0 Å². The third-order valence-electron chi connectivity index (χ3n) is 1.85. The fourth-order valence-electron chi connectivity index (χ4n) is 1.21. The lowest BCUT2D eigenvalue weighted by atomic mass is 10.1. The van der Waals surface area contributed by atoms with Crippen molar-refractivity contribution in [2.45, 2.75) is 25.9 Å². The summed E-state index contributed by atoms with van der Waals surface area (Å²) in [6.07, 6.45) is 1.68. The SMILES string of the molecule is CCC[C@@H](OO)c1ccccc1. The average Bonchev–Trinajstić information content (AvgIpc) is 2.15. The molecule has 2 heteroatoms. The van der Waals surface area contributed by atoms with Gasteiger partial charge in [-0.25, -0.2) is 4.89 Å². The molecule has 0 saturated heterocycles. The van der Waals surface area contributed by atoms with Gasteiger partial charge in [-0.15, -0.1) is 0 Å². The lowest BCUT2D eigenvalue weighted by molar-refractivity contribution is -0.283. The molecule has 1 aromatic carbocycles. The summed E-state index contributed by atoms with van der Waals surface area (Å²) in [6, 6.07) is 9.74. The number of rotatable bonds is 4. The van der Waals surface area contributed by atoms with Gasteiger partial charge in [0.25, 0.3) is 0 Å². The maximum atomic E-state index is 8.61. The van der Waals surface area contributed by atoms with Gasteiger partial charge in [0.05, 0.1) is 0 Å². The predicted molar refractivity (Wildman–Crippen MR) is 47.8 cm³/mol. The minimum Gasteiger partial charge on any atom is -0.251 e. The van der Waals surface area contributed by atoms with E-state index < -0.39 is 0 Å². The Morgan fingerprint density at radius 3 is 2.50 bits per heavy atom. The molecule has 1 aromatic rings. The van der Waals surface area contributed by atoms with Crippen LogP contribution in [0.1, 0.15) is 31.4 Å². The maximum Gasteiger partial charge on any atom is 0.118 e. The molecule has 1 rings (SSSR count). The highest BCUT2D eigenvalue weighted by Gasteiger charge is 2.09. The molecule has 66 valence electrons. The molecule has 0 amide bonds. The monoisotopic (exact) mass is 166 g/mol. The summed E-state index contributed by atoms with van der Waals surface area (Å²) in [4.78, 5) is 4.38. The molecule has 0 saturated carbocycles. The van der Waals surface area contributed by atoms with E-state index in [1.165, 1.54) is 0 Å². The number of hydrogen-bond donors (Lipinski definition) is 1. The van der Waals surface area contributed by atoms with Crippen LogP contribution >= 0.6 is 0 Å². The van der Waals surface area contributed by atoms with Gasteiger partial charge in [0.2, 0.25) is 0 Å². The standard InChI is InChI=1S/C10H14O2/c1-2-6-10(12-11)9-7-4-3-5-8-9/h3-5,7-8,10-11H,2,6H2,1H3/t10-/m1/s1. The largest absolute Gasteiger partial charge is 0.251 e. The third-order valence-corrected chi connectivity index (χ3v) is 1.85. The number of benzene rings is 1. The molecule has 12 heavy (non-hydrogen) atoms. The zero-order valence-corrected chi connectivity index (χ0v) is 7.23. The molecule has 1 atom stereocenters. The van der Waals surface area contributed by atoms with Crippen LogP contribution in [0.4, 0.5) is 0 Å². The van der Waals surface area contributed by atoms with Crippen LogP contribution in [-0.4, -0.2) is 5.26 Å². The van der Waals surface area contributed by atoms with Crippen LogP contribution in [0.15, 0.2) is 30.3 Å². The fraction of sp³-hybridized carbons (Fsp3) is 0.400. The van der Waals surface area contributed by atoms with Crippen molar-refractivity contribution in [3.05, 3.63) is 35.9 Å². The molecule has 0 heterocycles. The van der Waals surface area contributed by atoms with Crippen LogP contribution in [-0.2, 0) is 4.89 Å². The zero-order valence-electron chi connectivity index (χ0n) is 7.23. The van der Waals surface area contributed by atoms with Crippen molar-refractivity contribution in [2.75, 3.05) is 0 Å². The first-order valence-corrected chi connectivity index (χ1v) is 4.23. The Morgan fingerprint density at radius 1 is 1.33 bits per heavy atom.